The number of thioether (sulfide) groups is 1. The third-order valence-corrected chi connectivity index (χ3v) is 8.68. The van der Waals surface area contributed by atoms with Crippen LogP contribution in [-0.2, 0) is 14.6 Å². The van der Waals surface area contributed by atoms with Crippen LogP contribution in [0.3, 0.4) is 0 Å². The van der Waals surface area contributed by atoms with Gasteiger partial charge in [0.2, 0.25) is 0 Å². The number of fused-ring (bicyclic) bond motifs is 1. The van der Waals surface area contributed by atoms with Crippen LogP contribution < -0.4 is 9.64 Å². The molecule has 0 radical (unpaired) electrons. The molecule has 2 heterocycles. The van der Waals surface area contributed by atoms with Gasteiger partial charge in [0.25, 0.3) is 5.91 Å². The van der Waals surface area contributed by atoms with Crippen LogP contribution in [0, 0.1) is 3.57 Å². The largest absolute Gasteiger partial charge is 0.484 e. The monoisotopic (exact) mass is 562 g/mol. The van der Waals surface area contributed by atoms with Crippen molar-refractivity contribution in [3.05, 3.63) is 57.1 Å². The second-order valence-corrected chi connectivity index (χ2v) is 11.7. The number of benzene rings is 2. The van der Waals surface area contributed by atoms with Gasteiger partial charge in [0.1, 0.15) is 5.75 Å². The normalized spacial score (nSPS) is 23.9. The van der Waals surface area contributed by atoms with E-state index >= 15 is 0 Å². The Morgan fingerprint density at radius 2 is 2.00 bits per heavy atom. The lowest BCUT2D eigenvalue weighted by atomic mass is 10.2. The first-order chi connectivity index (χ1) is 13.8. The number of amides is 1. The van der Waals surface area contributed by atoms with E-state index in [1.807, 2.05) is 29.2 Å². The van der Waals surface area contributed by atoms with Crippen LogP contribution >= 0.6 is 46.0 Å². The molecule has 1 amide bonds. The molecule has 0 bridgehead atoms. The number of carbonyl (C=O) groups excluding carboxylic acids is 1. The molecule has 0 aromatic heterocycles. The van der Waals surface area contributed by atoms with E-state index in [0.29, 0.717) is 15.9 Å². The van der Waals surface area contributed by atoms with Crippen molar-refractivity contribution in [2.75, 3.05) is 23.0 Å². The van der Waals surface area contributed by atoms with E-state index in [-0.39, 0.29) is 29.4 Å². The number of aliphatic imine (C=N–C) groups is 1. The lowest BCUT2D eigenvalue weighted by Crippen LogP contribution is -2.37. The molecule has 2 aromatic carbocycles. The molecule has 2 atom stereocenters. The lowest BCUT2D eigenvalue weighted by Gasteiger charge is -2.24. The van der Waals surface area contributed by atoms with Gasteiger partial charge in [-0.3, -0.25) is 4.79 Å². The topological polar surface area (TPSA) is 76.0 Å². The Kier molecular flexibility index (Phi) is 6.10. The zero-order valence-electron chi connectivity index (χ0n) is 15.0. The Hall–Kier alpha value is -1.30. The predicted octanol–water partition coefficient (Wildman–Crippen LogP) is 3.63. The highest BCUT2D eigenvalue weighted by molar-refractivity contribution is 14.1. The first kappa shape index (κ1) is 21.0. The van der Waals surface area contributed by atoms with Crippen molar-refractivity contribution in [1.82, 2.24) is 0 Å². The number of ether oxygens (including phenoxy) is 1. The van der Waals surface area contributed by atoms with Gasteiger partial charge in [0.05, 0.1) is 17.5 Å². The van der Waals surface area contributed by atoms with Crippen molar-refractivity contribution < 1.29 is 17.9 Å². The van der Waals surface area contributed by atoms with Gasteiger partial charge in [-0.05, 0) is 65.1 Å². The average molecular weight is 563 g/mol. The minimum Gasteiger partial charge on any atom is -0.484 e. The second-order valence-electron chi connectivity index (χ2n) is 6.68. The van der Waals surface area contributed by atoms with Crippen molar-refractivity contribution >= 4 is 72.6 Å². The van der Waals surface area contributed by atoms with Crippen molar-refractivity contribution in [3.63, 3.8) is 0 Å². The summed E-state index contributed by atoms with van der Waals surface area (Å²) in [6.45, 7) is -0.209. The molecule has 2 fully saturated rings. The zero-order chi connectivity index (χ0) is 20.6. The third kappa shape index (κ3) is 4.89. The summed E-state index contributed by atoms with van der Waals surface area (Å²) in [5.74, 6) is 0.252. The molecule has 0 aliphatic carbocycles. The van der Waals surface area contributed by atoms with E-state index in [1.54, 1.807) is 24.3 Å². The number of sulfone groups is 1. The fraction of sp³-hybridized carbons (Fsp3) is 0.263. The summed E-state index contributed by atoms with van der Waals surface area (Å²) in [5, 5.41) is 0.962. The molecule has 2 saturated heterocycles. The molecule has 0 spiro atoms. The standard InChI is InChI=1S/C19H16ClIN2O4S2/c20-12-4-6-15(7-5-12)27-9-18(24)22-19-23(14-3-1-2-13(21)8-14)16-10-29(25,26)11-17(16)28-19/h1-8,16-17H,9-11H2/t16-,17-/m1/s1. The lowest BCUT2D eigenvalue weighted by molar-refractivity contribution is -0.119. The average Bonchev–Trinajstić information content (AvgIpc) is 3.12. The second kappa shape index (κ2) is 8.44. The fourth-order valence-corrected chi connectivity index (χ4v) is 7.89. The maximum atomic E-state index is 12.4. The highest BCUT2D eigenvalue weighted by Gasteiger charge is 2.49. The van der Waals surface area contributed by atoms with E-state index < -0.39 is 15.7 Å². The van der Waals surface area contributed by atoms with Gasteiger partial charge in [-0.2, -0.15) is 4.99 Å². The SMILES string of the molecule is O=C(COc1ccc(Cl)cc1)N=C1S[C@@H]2CS(=O)(=O)C[C@H]2N1c1cccc(I)c1. The summed E-state index contributed by atoms with van der Waals surface area (Å²) in [5.41, 5.74) is 0.833. The summed E-state index contributed by atoms with van der Waals surface area (Å²) >= 11 is 9.39. The molecule has 0 unspecified atom stereocenters. The molecule has 152 valence electrons. The molecule has 2 aromatic rings. The molecule has 2 aliphatic heterocycles. The van der Waals surface area contributed by atoms with Gasteiger partial charge in [-0.25, -0.2) is 8.42 Å². The van der Waals surface area contributed by atoms with Crippen LogP contribution in [0.2, 0.25) is 5.02 Å². The molecule has 4 rings (SSSR count). The number of halogens is 2. The molecule has 2 aliphatic rings. The van der Waals surface area contributed by atoms with Crippen LogP contribution in [0.4, 0.5) is 5.69 Å². The van der Waals surface area contributed by atoms with Gasteiger partial charge < -0.3 is 9.64 Å². The van der Waals surface area contributed by atoms with Gasteiger partial charge in [-0.1, -0.05) is 29.4 Å². The Balaban J connectivity index is 1.56. The molecule has 0 saturated carbocycles. The smallest absolute Gasteiger partial charge is 0.285 e. The Morgan fingerprint density at radius 1 is 1.24 bits per heavy atom. The molecule has 0 N–H and O–H groups in total. The van der Waals surface area contributed by atoms with Crippen LogP contribution in [-0.4, -0.2) is 48.9 Å². The molecule has 6 nitrogen and oxygen atoms in total. The molecule has 10 heteroatoms. The van der Waals surface area contributed by atoms with Gasteiger partial charge in [-0.15, -0.1) is 0 Å². The number of hydrogen-bond donors (Lipinski definition) is 0. The van der Waals surface area contributed by atoms with Crippen molar-refractivity contribution in [1.29, 1.82) is 0 Å². The van der Waals surface area contributed by atoms with Gasteiger partial charge in [0.15, 0.2) is 21.6 Å². The third-order valence-electron chi connectivity index (χ3n) is 4.55. The number of amidine groups is 1. The Bertz CT molecular complexity index is 1080. The maximum absolute atomic E-state index is 12.4. The summed E-state index contributed by atoms with van der Waals surface area (Å²) in [7, 11) is -3.10. The van der Waals surface area contributed by atoms with Crippen molar-refractivity contribution in [3.8, 4) is 5.75 Å². The van der Waals surface area contributed by atoms with Crippen LogP contribution in [0.5, 0.6) is 5.75 Å². The van der Waals surface area contributed by atoms with E-state index in [1.165, 1.54) is 11.8 Å². The van der Waals surface area contributed by atoms with E-state index in [4.69, 9.17) is 16.3 Å². The summed E-state index contributed by atoms with van der Waals surface area (Å²) in [6, 6.07) is 14.2. The maximum Gasteiger partial charge on any atom is 0.285 e. The summed E-state index contributed by atoms with van der Waals surface area (Å²) < 4.78 is 30.7. The highest BCUT2D eigenvalue weighted by Crippen LogP contribution is 2.41. The molecular formula is C19H16ClIN2O4S2. The quantitative estimate of drug-likeness (QED) is 0.530. The Morgan fingerprint density at radius 3 is 2.72 bits per heavy atom. The predicted molar refractivity (Wildman–Crippen MR) is 125 cm³/mol. The number of anilines is 1. The first-order valence-electron chi connectivity index (χ1n) is 8.72. The minimum absolute atomic E-state index is 0.0601. The van der Waals surface area contributed by atoms with E-state index in [2.05, 4.69) is 27.6 Å². The fourth-order valence-electron chi connectivity index (χ4n) is 3.31. The van der Waals surface area contributed by atoms with Gasteiger partial charge in [0, 0.05) is 19.5 Å². The van der Waals surface area contributed by atoms with Gasteiger partial charge >= 0.3 is 0 Å². The number of rotatable bonds is 4. The highest BCUT2D eigenvalue weighted by atomic mass is 127. The van der Waals surface area contributed by atoms with E-state index in [0.717, 1.165) is 9.26 Å². The Labute approximate surface area is 191 Å². The zero-order valence-corrected chi connectivity index (χ0v) is 19.5. The first-order valence-corrected chi connectivity index (χ1v) is 12.9. The number of hydrogen-bond acceptors (Lipinski definition) is 5. The van der Waals surface area contributed by atoms with Crippen molar-refractivity contribution in [2.45, 2.75) is 11.3 Å². The molecular weight excluding hydrogens is 547 g/mol. The summed E-state index contributed by atoms with van der Waals surface area (Å²) in [6.07, 6.45) is 0. The van der Waals surface area contributed by atoms with Crippen molar-refractivity contribution in [2.24, 2.45) is 4.99 Å². The van der Waals surface area contributed by atoms with Crippen LogP contribution in [0.25, 0.3) is 0 Å². The number of nitrogens with zero attached hydrogens (tertiary/aromatic N) is 2. The minimum atomic E-state index is -3.10. The summed E-state index contributed by atoms with van der Waals surface area (Å²) in [4.78, 5) is 18.6. The van der Waals surface area contributed by atoms with E-state index in [9.17, 15) is 13.2 Å². The molecule has 29 heavy (non-hydrogen) atoms. The van der Waals surface area contributed by atoms with Crippen LogP contribution in [0.15, 0.2) is 53.5 Å². The number of carbonyl (C=O) groups is 1. The van der Waals surface area contributed by atoms with Crippen LogP contribution in [0.1, 0.15) is 0 Å².